The van der Waals surface area contributed by atoms with Gasteiger partial charge < -0.3 is 15.2 Å². The molecule has 112 valence electrons. The maximum atomic E-state index is 11.9. The molecular formula is C14H13BN2O5. The van der Waals surface area contributed by atoms with Crippen LogP contribution in [0.5, 0.6) is 5.75 Å². The summed E-state index contributed by atoms with van der Waals surface area (Å²) in [7, 11) is 4.93. The molecule has 0 aliphatic rings. The maximum Gasteiger partial charge on any atom is 0.335 e. The Labute approximate surface area is 126 Å². The largest absolute Gasteiger partial charge is 0.492 e. The van der Waals surface area contributed by atoms with Gasteiger partial charge in [-0.05, 0) is 24.6 Å². The molecule has 2 N–H and O–H groups in total. The van der Waals surface area contributed by atoms with Crippen LogP contribution in [0.25, 0.3) is 5.52 Å². The molecule has 0 aromatic carbocycles. The Balaban J connectivity index is 2.09. The lowest BCUT2D eigenvalue weighted by atomic mass is 10.1. The van der Waals surface area contributed by atoms with Crippen LogP contribution < -0.4 is 15.6 Å². The minimum Gasteiger partial charge on any atom is -0.492 e. The molecule has 2 heterocycles. The van der Waals surface area contributed by atoms with E-state index in [4.69, 9.17) is 17.7 Å². The highest BCUT2D eigenvalue weighted by atomic mass is 16.5. The molecule has 0 aliphatic carbocycles. The van der Waals surface area contributed by atoms with Crippen LogP contribution in [0, 0.1) is 0 Å². The Kier molecular flexibility index (Phi) is 4.82. The number of carboxylic acids is 1. The number of ether oxygens (including phenoxy) is 1. The van der Waals surface area contributed by atoms with E-state index in [0.717, 1.165) is 6.07 Å². The van der Waals surface area contributed by atoms with Crippen molar-refractivity contribution in [2.45, 2.75) is 6.42 Å². The molecule has 2 aromatic heterocycles. The molecule has 0 fully saturated rings. The fraction of sp³-hybridized carbons (Fsp3) is 0.214. The third kappa shape index (κ3) is 3.88. The molecule has 0 atom stereocenters. The standard InChI is InChI=1S/C14H13BN2O5/c15-14(21)16-4-1-5-22-11-3-2-10-6-9(13(19)20)7-12(18)17(10)8-11/h2-3,6-8H,1,4-5H2,(H,16,21)(H,19,20). The van der Waals surface area contributed by atoms with Gasteiger partial charge in [0.25, 0.3) is 5.56 Å². The Bertz CT molecular complexity index is 771. The zero-order valence-electron chi connectivity index (χ0n) is 11.6. The predicted molar refractivity (Wildman–Crippen MR) is 79.9 cm³/mol. The van der Waals surface area contributed by atoms with Crippen molar-refractivity contribution in [3.05, 3.63) is 46.4 Å². The lowest BCUT2D eigenvalue weighted by molar-refractivity contribution is 0.0696. The van der Waals surface area contributed by atoms with E-state index in [0.29, 0.717) is 30.8 Å². The molecule has 0 saturated heterocycles. The number of fused-ring (bicyclic) bond motifs is 1. The molecule has 7 nitrogen and oxygen atoms in total. The quantitative estimate of drug-likeness (QED) is 0.603. The van der Waals surface area contributed by atoms with Gasteiger partial charge in [0, 0.05) is 18.1 Å². The number of carbonyl (C=O) groups excluding carboxylic acids is 1. The van der Waals surface area contributed by atoms with Crippen LogP contribution in [0.1, 0.15) is 16.8 Å². The average Bonchev–Trinajstić information content (AvgIpc) is 2.46. The first-order valence-corrected chi connectivity index (χ1v) is 6.53. The molecule has 0 unspecified atom stereocenters. The van der Waals surface area contributed by atoms with E-state index in [-0.39, 0.29) is 5.56 Å². The lowest BCUT2D eigenvalue weighted by Crippen LogP contribution is -2.23. The second-order valence-corrected chi connectivity index (χ2v) is 4.54. The third-order valence-corrected chi connectivity index (χ3v) is 2.91. The first-order chi connectivity index (χ1) is 10.5. The SMILES string of the molecule is [B]C(=O)NCCCOc1ccc2cc(C(=O)O)cc(=O)n2c1. The van der Waals surface area contributed by atoms with Crippen LogP contribution in [0.3, 0.4) is 0 Å². The summed E-state index contributed by atoms with van der Waals surface area (Å²) in [5, 5.41) is 11.4. The van der Waals surface area contributed by atoms with Gasteiger partial charge in [-0.2, -0.15) is 0 Å². The lowest BCUT2D eigenvalue weighted by Gasteiger charge is -2.08. The Hall–Kier alpha value is -2.77. The Morgan fingerprint density at radius 1 is 1.32 bits per heavy atom. The zero-order chi connectivity index (χ0) is 16.1. The monoisotopic (exact) mass is 300 g/mol. The summed E-state index contributed by atoms with van der Waals surface area (Å²) in [4.78, 5) is 33.3. The second kappa shape index (κ2) is 6.79. The van der Waals surface area contributed by atoms with E-state index >= 15 is 0 Å². The number of aromatic carboxylic acids is 1. The molecule has 2 rings (SSSR count). The van der Waals surface area contributed by atoms with Gasteiger partial charge in [-0.3, -0.25) is 14.0 Å². The number of nitrogens with zero attached hydrogens (tertiary/aromatic N) is 1. The third-order valence-electron chi connectivity index (χ3n) is 2.91. The minimum absolute atomic E-state index is 0.0591. The number of amides is 1. The van der Waals surface area contributed by atoms with Crippen molar-refractivity contribution in [1.82, 2.24) is 9.72 Å². The Morgan fingerprint density at radius 2 is 2.09 bits per heavy atom. The van der Waals surface area contributed by atoms with Crippen LogP contribution in [-0.2, 0) is 0 Å². The highest BCUT2D eigenvalue weighted by Crippen LogP contribution is 2.13. The second-order valence-electron chi connectivity index (χ2n) is 4.54. The average molecular weight is 300 g/mol. The van der Waals surface area contributed by atoms with E-state index in [1.807, 2.05) is 0 Å². The minimum atomic E-state index is -1.15. The van der Waals surface area contributed by atoms with Gasteiger partial charge in [0.2, 0.25) is 0 Å². The summed E-state index contributed by atoms with van der Waals surface area (Å²) < 4.78 is 6.77. The van der Waals surface area contributed by atoms with Crippen LogP contribution in [0.2, 0.25) is 0 Å². The fourth-order valence-corrected chi connectivity index (χ4v) is 1.89. The maximum absolute atomic E-state index is 11.9. The number of carbonyl (C=O) groups is 2. The van der Waals surface area contributed by atoms with Crippen molar-refractivity contribution >= 4 is 25.1 Å². The van der Waals surface area contributed by atoms with Crippen molar-refractivity contribution in [2.24, 2.45) is 0 Å². The highest BCUT2D eigenvalue weighted by Gasteiger charge is 2.07. The normalized spacial score (nSPS) is 10.4. The van der Waals surface area contributed by atoms with Gasteiger partial charge in [0.1, 0.15) is 5.75 Å². The van der Waals surface area contributed by atoms with Crippen molar-refractivity contribution in [2.75, 3.05) is 13.2 Å². The van der Waals surface area contributed by atoms with Gasteiger partial charge in [-0.25, -0.2) is 4.79 Å². The van der Waals surface area contributed by atoms with Gasteiger partial charge in [0.15, 0.2) is 13.7 Å². The van der Waals surface area contributed by atoms with Crippen molar-refractivity contribution in [1.29, 1.82) is 0 Å². The number of nitrogens with one attached hydrogen (secondary N) is 1. The van der Waals surface area contributed by atoms with E-state index < -0.39 is 17.3 Å². The molecule has 0 aliphatic heterocycles. The number of carboxylic acid groups (broad SMARTS) is 1. The molecule has 1 amide bonds. The molecule has 0 saturated carbocycles. The first kappa shape index (κ1) is 15.6. The predicted octanol–water partition coefficient (Wildman–Crippen LogP) is 0.645. The van der Waals surface area contributed by atoms with Crippen molar-refractivity contribution in [3.63, 3.8) is 0 Å². The molecule has 22 heavy (non-hydrogen) atoms. The van der Waals surface area contributed by atoms with Crippen LogP contribution in [0.4, 0.5) is 4.79 Å². The first-order valence-electron chi connectivity index (χ1n) is 6.53. The van der Waals surface area contributed by atoms with E-state index in [2.05, 4.69) is 5.32 Å². The van der Waals surface area contributed by atoms with Crippen LogP contribution in [0.15, 0.2) is 35.3 Å². The highest BCUT2D eigenvalue weighted by molar-refractivity contribution is 6.57. The van der Waals surface area contributed by atoms with Gasteiger partial charge in [-0.15, -0.1) is 0 Å². The molecule has 8 heteroatoms. The van der Waals surface area contributed by atoms with E-state index in [9.17, 15) is 14.4 Å². The van der Waals surface area contributed by atoms with E-state index in [1.54, 1.807) is 12.1 Å². The molecule has 0 spiro atoms. The smallest absolute Gasteiger partial charge is 0.335 e. The zero-order valence-corrected chi connectivity index (χ0v) is 11.6. The van der Waals surface area contributed by atoms with Gasteiger partial charge in [-0.1, -0.05) is 0 Å². The summed E-state index contributed by atoms with van der Waals surface area (Å²) in [6.07, 6.45) is 2.05. The Morgan fingerprint density at radius 3 is 2.77 bits per heavy atom. The van der Waals surface area contributed by atoms with Crippen molar-refractivity contribution in [3.8, 4) is 5.75 Å². The summed E-state index contributed by atoms with van der Waals surface area (Å²) in [6.45, 7) is 0.735. The van der Waals surface area contributed by atoms with Crippen LogP contribution >= 0.6 is 0 Å². The summed E-state index contributed by atoms with van der Waals surface area (Å²) in [6, 6.07) is 5.70. The molecular weight excluding hydrogens is 287 g/mol. The number of aromatic nitrogens is 1. The molecule has 0 bridgehead atoms. The summed E-state index contributed by atoms with van der Waals surface area (Å²) in [5.41, 5.74) is -0.0421. The van der Waals surface area contributed by atoms with Crippen molar-refractivity contribution < 1.29 is 19.4 Å². The van der Waals surface area contributed by atoms with Gasteiger partial charge >= 0.3 is 5.97 Å². The number of pyridine rings is 2. The topological polar surface area (TPSA) is 97.1 Å². The molecule has 2 radical (unpaired) electrons. The van der Waals surface area contributed by atoms with E-state index in [1.165, 1.54) is 16.7 Å². The van der Waals surface area contributed by atoms with Gasteiger partial charge in [0.05, 0.1) is 18.4 Å². The number of hydrogen-bond acceptors (Lipinski definition) is 4. The summed E-state index contributed by atoms with van der Waals surface area (Å²) >= 11 is 0. The molecule has 2 aromatic rings. The van der Waals surface area contributed by atoms with Crippen LogP contribution in [-0.4, -0.2) is 42.3 Å². The summed E-state index contributed by atoms with van der Waals surface area (Å²) in [5.74, 6) is -1.27. The fourth-order valence-electron chi connectivity index (χ4n) is 1.89. The number of rotatable bonds is 6. The number of hydrogen-bond donors (Lipinski definition) is 2.